The van der Waals surface area contributed by atoms with Crippen LogP contribution in [0.3, 0.4) is 0 Å². The molecule has 0 rings (SSSR count). The number of rotatable bonds is 12. The summed E-state index contributed by atoms with van der Waals surface area (Å²) in [4.78, 5) is 0. The molecule has 0 fully saturated rings. The van der Waals surface area contributed by atoms with Crippen LogP contribution in [-0.2, 0) is 9.47 Å². The van der Waals surface area contributed by atoms with Gasteiger partial charge in [-0.15, -0.1) is 0 Å². The number of ether oxygens (including phenoxy) is 2. The van der Waals surface area contributed by atoms with Gasteiger partial charge < -0.3 is 9.47 Å². The van der Waals surface area contributed by atoms with Gasteiger partial charge in [-0.3, -0.25) is 0 Å². The lowest BCUT2D eigenvalue weighted by atomic mass is 10.2. The molecule has 0 heterocycles. The lowest BCUT2D eigenvalue weighted by molar-refractivity contribution is -0.131. The lowest BCUT2D eigenvalue weighted by Gasteiger charge is -2.13. The first-order chi connectivity index (χ1) is 7.81. The van der Waals surface area contributed by atoms with Gasteiger partial charge in [-0.05, 0) is 19.8 Å². The zero-order valence-electron chi connectivity index (χ0n) is 11.5. The van der Waals surface area contributed by atoms with Gasteiger partial charge in [0.25, 0.3) is 0 Å². The standard InChI is InChI=1S/C14H30O2/c1-4-6-8-10-12-15-14(3)16-13-11-9-7-5-2/h14H,4-13H2,1-3H3. The highest BCUT2D eigenvalue weighted by Crippen LogP contribution is 2.04. The molecule has 0 spiro atoms. The Morgan fingerprint density at radius 3 is 1.50 bits per heavy atom. The maximum atomic E-state index is 5.57. The van der Waals surface area contributed by atoms with Crippen LogP contribution in [0.4, 0.5) is 0 Å². The Bertz CT molecular complexity index is 112. The molecule has 0 aliphatic carbocycles. The number of unbranched alkanes of at least 4 members (excludes halogenated alkanes) is 6. The Balaban J connectivity index is 3.09. The molecule has 0 radical (unpaired) electrons. The number of hydrogen-bond donors (Lipinski definition) is 0. The van der Waals surface area contributed by atoms with Crippen LogP contribution in [0.15, 0.2) is 0 Å². The van der Waals surface area contributed by atoms with Gasteiger partial charge >= 0.3 is 0 Å². The fourth-order valence-electron chi connectivity index (χ4n) is 1.60. The van der Waals surface area contributed by atoms with Gasteiger partial charge in [0.1, 0.15) is 0 Å². The maximum absolute atomic E-state index is 5.57. The molecule has 0 N–H and O–H groups in total. The first kappa shape index (κ1) is 15.9. The molecule has 0 unspecified atom stereocenters. The van der Waals surface area contributed by atoms with E-state index in [1.54, 1.807) is 0 Å². The summed E-state index contributed by atoms with van der Waals surface area (Å²) in [6.07, 6.45) is 10.1. The Labute approximate surface area is 102 Å². The Morgan fingerprint density at radius 2 is 1.12 bits per heavy atom. The van der Waals surface area contributed by atoms with E-state index in [9.17, 15) is 0 Å². The second-order valence-corrected chi connectivity index (χ2v) is 4.43. The van der Waals surface area contributed by atoms with Crippen LogP contribution in [0.1, 0.15) is 72.1 Å². The van der Waals surface area contributed by atoms with Crippen molar-refractivity contribution in [2.24, 2.45) is 0 Å². The summed E-state index contributed by atoms with van der Waals surface area (Å²) in [5, 5.41) is 0. The van der Waals surface area contributed by atoms with Gasteiger partial charge in [0.05, 0.1) is 0 Å². The van der Waals surface area contributed by atoms with Crippen LogP contribution in [0, 0.1) is 0 Å². The van der Waals surface area contributed by atoms with Crippen molar-refractivity contribution in [3.05, 3.63) is 0 Å². The van der Waals surface area contributed by atoms with E-state index >= 15 is 0 Å². The van der Waals surface area contributed by atoms with Crippen LogP contribution >= 0.6 is 0 Å². The van der Waals surface area contributed by atoms with Gasteiger partial charge in [0.15, 0.2) is 6.29 Å². The summed E-state index contributed by atoms with van der Waals surface area (Å²) in [7, 11) is 0. The van der Waals surface area contributed by atoms with E-state index in [1.165, 1.54) is 38.5 Å². The van der Waals surface area contributed by atoms with Crippen molar-refractivity contribution in [3.8, 4) is 0 Å². The summed E-state index contributed by atoms with van der Waals surface area (Å²) in [6.45, 7) is 8.14. The smallest absolute Gasteiger partial charge is 0.154 e. The highest BCUT2D eigenvalue weighted by Gasteiger charge is 2.00. The predicted octanol–water partition coefficient (Wildman–Crippen LogP) is 4.53. The molecule has 16 heavy (non-hydrogen) atoms. The highest BCUT2D eigenvalue weighted by molar-refractivity contribution is 4.42. The minimum atomic E-state index is -0.0248. The van der Waals surface area contributed by atoms with Gasteiger partial charge in [-0.25, -0.2) is 0 Å². The SMILES string of the molecule is CCCCCCOC(C)OCCCCCC. The molecule has 0 aromatic heterocycles. The topological polar surface area (TPSA) is 18.5 Å². The molecule has 0 saturated heterocycles. The molecule has 0 saturated carbocycles. The van der Waals surface area contributed by atoms with Crippen molar-refractivity contribution in [3.63, 3.8) is 0 Å². The third-order valence-corrected chi connectivity index (χ3v) is 2.70. The minimum Gasteiger partial charge on any atom is -0.353 e. The van der Waals surface area contributed by atoms with E-state index in [-0.39, 0.29) is 6.29 Å². The van der Waals surface area contributed by atoms with Gasteiger partial charge in [0, 0.05) is 13.2 Å². The van der Waals surface area contributed by atoms with E-state index in [4.69, 9.17) is 9.47 Å². The van der Waals surface area contributed by atoms with Crippen molar-refractivity contribution >= 4 is 0 Å². The zero-order chi connectivity index (χ0) is 12.1. The monoisotopic (exact) mass is 230 g/mol. The minimum absolute atomic E-state index is 0.0248. The van der Waals surface area contributed by atoms with Crippen molar-refractivity contribution in [1.82, 2.24) is 0 Å². The second kappa shape index (κ2) is 13.0. The van der Waals surface area contributed by atoms with Crippen LogP contribution < -0.4 is 0 Å². The average molecular weight is 230 g/mol. The summed E-state index contributed by atoms with van der Waals surface area (Å²) >= 11 is 0. The fourth-order valence-corrected chi connectivity index (χ4v) is 1.60. The Kier molecular flexibility index (Phi) is 12.9. The molecular weight excluding hydrogens is 200 g/mol. The van der Waals surface area contributed by atoms with Crippen LogP contribution in [0.5, 0.6) is 0 Å². The summed E-state index contributed by atoms with van der Waals surface area (Å²) in [6, 6.07) is 0. The van der Waals surface area contributed by atoms with Crippen molar-refractivity contribution < 1.29 is 9.47 Å². The molecule has 2 heteroatoms. The molecular formula is C14H30O2. The second-order valence-electron chi connectivity index (χ2n) is 4.43. The van der Waals surface area contributed by atoms with Crippen LogP contribution in [-0.4, -0.2) is 19.5 Å². The van der Waals surface area contributed by atoms with E-state index in [0.29, 0.717) is 0 Å². The molecule has 0 bridgehead atoms. The van der Waals surface area contributed by atoms with Crippen molar-refractivity contribution in [1.29, 1.82) is 0 Å². The zero-order valence-corrected chi connectivity index (χ0v) is 11.5. The number of hydrogen-bond acceptors (Lipinski definition) is 2. The van der Waals surface area contributed by atoms with Crippen molar-refractivity contribution in [2.45, 2.75) is 78.4 Å². The average Bonchev–Trinajstić information content (AvgIpc) is 2.28. The Morgan fingerprint density at radius 1 is 0.688 bits per heavy atom. The van der Waals surface area contributed by atoms with Crippen LogP contribution in [0.2, 0.25) is 0 Å². The van der Waals surface area contributed by atoms with E-state index in [2.05, 4.69) is 13.8 Å². The Hall–Kier alpha value is -0.0800. The normalized spacial score (nSPS) is 11.2. The first-order valence-corrected chi connectivity index (χ1v) is 7.04. The molecule has 0 aliphatic heterocycles. The largest absolute Gasteiger partial charge is 0.353 e. The van der Waals surface area contributed by atoms with E-state index in [1.807, 2.05) is 6.92 Å². The highest BCUT2D eigenvalue weighted by atomic mass is 16.7. The molecule has 2 nitrogen and oxygen atoms in total. The summed E-state index contributed by atoms with van der Waals surface area (Å²) in [5.41, 5.74) is 0. The first-order valence-electron chi connectivity index (χ1n) is 7.04. The molecule has 0 aliphatic rings. The maximum Gasteiger partial charge on any atom is 0.154 e. The molecule has 0 aromatic carbocycles. The van der Waals surface area contributed by atoms with Gasteiger partial charge in [0.2, 0.25) is 0 Å². The summed E-state index contributed by atoms with van der Waals surface area (Å²) < 4.78 is 11.1. The quantitative estimate of drug-likeness (QED) is 0.362. The molecule has 0 amide bonds. The van der Waals surface area contributed by atoms with Crippen molar-refractivity contribution in [2.75, 3.05) is 13.2 Å². The molecule has 98 valence electrons. The van der Waals surface area contributed by atoms with Gasteiger partial charge in [-0.1, -0.05) is 52.4 Å². The van der Waals surface area contributed by atoms with Crippen LogP contribution in [0.25, 0.3) is 0 Å². The lowest BCUT2D eigenvalue weighted by Crippen LogP contribution is -2.14. The van der Waals surface area contributed by atoms with E-state index in [0.717, 1.165) is 26.1 Å². The predicted molar refractivity (Wildman–Crippen MR) is 69.7 cm³/mol. The van der Waals surface area contributed by atoms with E-state index < -0.39 is 0 Å². The third-order valence-electron chi connectivity index (χ3n) is 2.70. The summed E-state index contributed by atoms with van der Waals surface area (Å²) in [5.74, 6) is 0. The van der Waals surface area contributed by atoms with Gasteiger partial charge in [-0.2, -0.15) is 0 Å². The third kappa shape index (κ3) is 12.0. The molecule has 0 atom stereocenters. The molecule has 0 aromatic rings. The fraction of sp³-hybridized carbons (Fsp3) is 1.00.